The first-order chi connectivity index (χ1) is 13.4. The van der Waals surface area contributed by atoms with Crippen molar-refractivity contribution in [3.63, 3.8) is 0 Å². The Hall–Kier alpha value is -2.76. The Balaban J connectivity index is 1.54. The number of rotatable bonds is 5. The number of thiophene rings is 1. The fraction of sp³-hybridized carbons (Fsp3) is 0.235. The molecule has 2 aromatic heterocycles. The minimum Gasteiger partial charge on any atom is -0.325 e. The van der Waals surface area contributed by atoms with Gasteiger partial charge in [0.1, 0.15) is 10.3 Å². The summed E-state index contributed by atoms with van der Waals surface area (Å²) >= 11 is 1.13. The molecule has 1 amide bonds. The maximum Gasteiger partial charge on any atom is 0.439 e. The van der Waals surface area contributed by atoms with Crippen LogP contribution in [-0.4, -0.2) is 41.4 Å². The first-order valence-electron chi connectivity index (χ1n) is 8.48. The number of aromatic amines is 1. The van der Waals surface area contributed by atoms with Crippen molar-refractivity contribution in [2.24, 2.45) is 0 Å². The maximum absolute atomic E-state index is 12.8. The van der Waals surface area contributed by atoms with Crippen LogP contribution in [-0.2, 0) is 14.8 Å². The third kappa shape index (κ3) is 3.51. The summed E-state index contributed by atoms with van der Waals surface area (Å²) in [6.45, 7) is 0.304. The van der Waals surface area contributed by atoms with E-state index in [1.807, 2.05) is 0 Å². The molecule has 0 bridgehead atoms. The highest BCUT2D eigenvalue weighted by atomic mass is 32.2. The van der Waals surface area contributed by atoms with E-state index in [0.29, 0.717) is 30.6 Å². The molecule has 1 aliphatic rings. The molecule has 1 atom stereocenters. The van der Waals surface area contributed by atoms with Crippen molar-refractivity contribution in [2.45, 2.75) is 23.1 Å². The van der Waals surface area contributed by atoms with Crippen LogP contribution in [0.2, 0.25) is 0 Å². The number of benzene rings is 1. The highest BCUT2D eigenvalue weighted by molar-refractivity contribution is 7.91. The highest BCUT2D eigenvalue weighted by Crippen LogP contribution is 2.29. The number of amides is 1. The number of aromatic nitrogens is 2. The van der Waals surface area contributed by atoms with Gasteiger partial charge in [0.2, 0.25) is 5.91 Å². The largest absolute Gasteiger partial charge is 0.439 e. The molecule has 3 heterocycles. The van der Waals surface area contributed by atoms with Gasteiger partial charge in [0.15, 0.2) is 5.82 Å². The molecule has 1 fully saturated rings. The van der Waals surface area contributed by atoms with Crippen molar-refractivity contribution in [3.8, 4) is 11.4 Å². The fourth-order valence-corrected chi connectivity index (χ4v) is 5.92. The van der Waals surface area contributed by atoms with Gasteiger partial charge in [0.25, 0.3) is 10.0 Å². The van der Waals surface area contributed by atoms with Gasteiger partial charge >= 0.3 is 5.76 Å². The second-order valence-electron chi connectivity index (χ2n) is 6.22. The van der Waals surface area contributed by atoms with Gasteiger partial charge in [-0.3, -0.25) is 14.3 Å². The van der Waals surface area contributed by atoms with Gasteiger partial charge in [-0.05, 0) is 36.4 Å². The quantitative estimate of drug-likeness (QED) is 0.649. The number of carbonyl (C=O) groups is 1. The lowest BCUT2D eigenvalue weighted by molar-refractivity contribution is -0.119. The van der Waals surface area contributed by atoms with Crippen LogP contribution in [0.3, 0.4) is 0 Å². The van der Waals surface area contributed by atoms with Gasteiger partial charge < -0.3 is 5.32 Å². The van der Waals surface area contributed by atoms with Gasteiger partial charge in [-0.1, -0.05) is 23.4 Å². The zero-order chi connectivity index (χ0) is 19.7. The van der Waals surface area contributed by atoms with Crippen LogP contribution >= 0.6 is 11.3 Å². The lowest BCUT2D eigenvalue weighted by atomic mass is 10.1. The Bertz CT molecular complexity index is 1150. The number of nitrogens with zero attached hydrogens (tertiary/aromatic N) is 2. The van der Waals surface area contributed by atoms with Gasteiger partial charge in [0.05, 0.1) is 0 Å². The molecular formula is C17H16N4O5S2. The van der Waals surface area contributed by atoms with Gasteiger partial charge in [-0.25, -0.2) is 13.2 Å². The van der Waals surface area contributed by atoms with Crippen molar-refractivity contribution < 1.29 is 17.7 Å². The number of hydrogen-bond donors (Lipinski definition) is 2. The molecule has 0 aliphatic carbocycles. The van der Waals surface area contributed by atoms with E-state index in [2.05, 4.69) is 20.0 Å². The Labute approximate surface area is 164 Å². The predicted octanol–water partition coefficient (Wildman–Crippen LogP) is 1.88. The molecule has 0 spiro atoms. The second kappa shape index (κ2) is 7.34. The number of hydrogen-bond acceptors (Lipinski definition) is 7. The van der Waals surface area contributed by atoms with Gasteiger partial charge in [-0.15, -0.1) is 11.3 Å². The van der Waals surface area contributed by atoms with Crippen molar-refractivity contribution in [3.05, 3.63) is 52.3 Å². The zero-order valence-electron chi connectivity index (χ0n) is 14.5. The summed E-state index contributed by atoms with van der Waals surface area (Å²) in [6, 6.07) is 9.12. The Morgan fingerprint density at radius 2 is 2.18 bits per heavy atom. The molecule has 0 radical (unpaired) electrons. The standard InChI is InChI=1S/C17H16N4O5S2/c22-16(13-6-2-8-21(13)28(24,25)14-7-3-9-27-14)18-12-5-1-4-11(10-12)15-19-17(23)26-20-15/h1,3-5,7,9-10,13H,2,6,8H2,(H,18,22)(H,19,20,23). The molecule has 2 N–H and O–H groups in total. The van der Waals surface area contributed by atoms with Crippen LogP contribution in [0.5, 0.6) is 0 Å². The topological polar surface area (TPSA) is 125 Å². The molecular weight excluding hydrogens is 404 g/mol. The van der Waals surface area contributed by atoms with Crippen molar-refractivity contribution in [1.29, 1.82) is 0 Å². The summed E-state index contributed by atoms with van der Waals surface area (Å²) in [5.74, 6) is -0.836. The molecule has 11 heteroatoms. The van der Waals surface area contributed by atoms with E-state index in [4.69, 9.17) is 0 Å². The Morgan fingerprint density at radius 3 is 2.89 bits per heavy atom. The molecule has 0 saturated carbocycles. The van der Waals surface area contributed by atoms with Crippen LogP contribution in [0.1, 0.15) is 12.8 Å². The molecule has 1 aliphatic heterocycles. The molecule has 1 saturated heterocycles. The van der Waals surface area contributed by atoms with E-state index in [1.165, 1.54) is 10.4 Å². The first-order valence-corrected chi connectivity index (χ1v) is 10.8. The van der Waals surface area contributed by atoms with Crippen LogP contribution < -0.4 is 11.1 Å². The molecule has 146 valence electrons. The highest BCUT2D eigenvalue weighted by Gasteiger charge is 2.39. The maximum atomic E-state index is 12.8. The van der Waals surface area contributed by atoms with Crippen LogP contribution in [0.15, 0.2) is 55.3 Å². The molecule has 3 aromatic rings. The molecule has 1 aromatic carbocycles. The Morgan fingerprint density at radius 1 is 1.32 bits per heavy atom. The average molecular weight is 420 g/mol. The summed E-state index contributed by atoms with van der Waals surface area (Å²) in [5, 5.41) is 8.06. The minimum absolute atomic E-state index is 0.226. The van der Waals surface area contributed by atoms with Gasteiger partial charge in [-0.2, -0.15) is 4.31 Å². The van der Waals surface area contributed by atoms with Crippen LogP contribution in [0, 0.1) is 0 Å². The molecule has 1 unspecified atom stereocenters. The summed E-state index contributed by atoms with van der Waals surface area (Å²) in [4.78, 5) is 26.3. The normalized spacial score (nSPS) is 17.6. The summed E-state index contributed by atoms with van der Waals surface area (Å²) < 4.78 is 31.6. The lowest BCUT2D eigenvalue weighted by Crippen LogP contribution is -2.42. The van der Waals surface area contributed by atoms with Crippen molar-refractivity contribution in [1.82, 2.24) is 14.4 Å². The predicted molar refractivity (Wildman–Crippen MR) is 102 cm³/mol. The lowest BCUT2D eigenvalue weighted by Gasteiger charge is -2.22. The SMILES string of the molecule is O=C(Nc1cccc(-c2noc(=O)[nH]2)c1)C1CCCN1S(=O)(=O)c1cccs1. The average Bonchev–Trinajstić information content (AvgIpc) is 3.43. The number of carbonyl (C=O) groups excluding carboxylic acids is 1. The van der Waals surface area contributed by atoms with E-state index in [0.717, 1.165) is 11.3 Å². The summed E-state index contributed by atoms with van der Waals surface area (Å²) in [5.41, 5.74) is 1.02. The number of nitrogens with one attached hydrogen (secondary N) is 2. The first kappa shape index (κ1) is 18.6. The van der Waals surface area contributed by atoms with Crippen LogP contribution in [0.4, 0.5) is 5.69 Å². The molecule has 9 nitrogen and oxygen atoms in total. The molecule has 28 heavy (non-hydrogen) atoms. The van der Waals surface area contributed by atoms with Gasteiger partial charge in [0, 0.05) is 17.8 Å². The van der Waals surface area contributed by atoms with Crippen molar-refractivity contribution >= 4 is 33.0 Å². The van der Waals surface area contributed by atoms with Crippen molar-refractivity contribution in [2.75, 3.05) is 11.9 Å². The van der Waals surface area contributed by atoms with E-state index in [-0.39, 0.29) is 10.0 Å². The number of H-pyrrole nitrogens is 1. The van der Waals surface area contributed by atoms with E-state index in [1.54, 1.807) is 35.7 Å². The van der Waals surface area contributed by atoms with E-state index in [9.17, 15) is 18.0 Å². The smallest absolute Gasteiger partial charge is 0.325 e. The second-order valence-corrected chi connectivity index (χ2v) is 9.28. The third-order valence-electron chi connectivity index (χ3n) is 4.41. The van der Waals surface area contributed by atoms with E-state index < -0.39 is 27.7 Å². The van der Waals surface area contributed by atoms with E-state index >= 15 is 0 Å². The molecule has 4 rings (SSSR count). The monoisotopic (exact) mass is 420 g/mol. The third-order valence-corrected chi connectivity index (χ3v) is 7.69. The fourth-order valence-electron chi connectivity index (χ4n) is 3.14. The van der Waals surface area contributed by atoms with Crippen LogP contribution in [0.25, 0.3) is 11.4 Å². The zero-order valence-corrected chi connectivity index (χ0v) is 16.1. The summed E-state index contributed by atoms with van der Waals surface area (Å²) in [6.07, 6.45) is 1.07. The Kier molecular flexibility index (Phi) is 4.87. The number of anilines is 1. The number of sulfonamides is 1. The minimum atomic E-state index is -3.70. The summed E-state index contributed by atoms with van der Waals surface area (Å²) in [7, 11) is -3.70.